The fraction of sp³-hybridized carbons (Fsp3) is 0.250. The van der Waals surface area contributed by atoms with E-state index in [-0.39, 0.29) is 17.4 Å². The third-order valence-electron chi connectivity index (χ3n) is 8.18. The number of aliphatic hydroxyl groups is 1. The Morgan fingerprint density at radius 3 is 2.24 bits per heavy atom. The molecule has 5 aromatic rings. The first-order chi connectivity index (χ1) is 20.4. The zero-order valence-electron chi connectivity index (χ0n) is 23.2. The van der Waals surface area contributed by atoms with Gasteiger partial charge in [-0.1, -0.05) is 79.7 Å². The number of ether oxygens (including phenoxy) is 2. The van der Waals surface area contributed by atoms with E-state index >= 15 is 0 Å². The summed E-state index contributed by atoms with van der Waals surface area (Å²) in [4.78, 5) is 37.2. The lowest BCUT2D eigenvalue weighted by atomic mass is 9.77. The molecule has 0 amide bonds. The summed E-state index contributed by atoms with van der Waals surface area (Å²) in [5, 5.41) is 13.5. The molecule has 0 bridgehead atoms. The SMILES string of the molecule is COc1ccc(C(Nc2nc3c(ncn3[C@H]3C[C@H](C)[C@@](C=O)(CO)O3)c(=O)[nH]2)(c2ccccc2)c2ccccc2)cc1. The predicted molar refractivity (Wildman–Crippen MR) is 157 cm³/mol. The maximum atomic E-state index is 13.3. The van der Waals surface area contributed by atoms with E-state index in [1.165, 1.54) is 6.33 Å². The van der Waals surface area contributed by atoms with Crippen LogP contribution < -0.4 is 15.6 Å². The molecule has 0 unspecified atom stereocenters. The number of nitrogens with one attached hydrogen (secondary N) is 2. The minimum absolute atomic E-state index is 0.138. The molecule has 10 heteroatoms. The van der Waals surface area contributed by atoms with Crippen LogP contribution in [-0.2, 0) is 15.1 Å². The van der Waals surface area contributed by atoms with Gasteiger partial charge in [-0.2, -0.15) is 4.98 Å². The van der Waals surface area contributed by atoms with Crippen LogP contribution in [0.4, 0.5) is 5.95 Å². The molecule has 3 aromatic carbocycles. The molecule has 3 atom stereocenters. The van der Waals surface area contributed by atoms with E-state index in [2.05, 4.69) is 15.3 Å². The molecule has 0 spiro atoms. The lowest BCUT2D eigenvalue weighted by molar-refractivity contribution is -0.144. The van der Waals surface area contributed by atoms with Gasteiger partial charge in [-0.05, 0) is 41.2 Å². The minimum Gasteiger partial charge on any atom is -0.497 e. The molecule has 0 saturated carbocycles. The molecular formula is C32H31N5O5. The number of benzene rings is 3. The Kier molecular flexibility index (Phi) is 7.09. The van der Waals surface area contributed by atoms with Crippen LogP contribution in [0.5, 0.6) is 5.75 Å². The first-order valence-corrected chi connectivity index (χ1v) is 13.7. The van der Waals surface area contributed by atoms with Crippen LogP contribution in [0, 0.1) is 5.92 Å². The van der Waals surface area contributed by atoms with Crippen molar-refractivity contribution < 1.29 is 19.4 Å². The lowest BCUT2D eigenvalue weighted by Crippen LogP contribution is -2.40. The van der Waals surface area contributed by atoms with Crippen LogP contribution in [0.25, 0.3) is 11.2 Å². The van der Waals surface area contributed by atoms with Gasteiger partial charge >= 0.3 is 0 Å². The van der Waals surface area contributed by atoms with Crippen LogP contribution >= 0.6 is 0 Å². The van der Waals surface area contributed by atoms with Crippen molar-refractivity contribution in [1.82, 2.24) is 19.5 Å². The number of H-pyrrole nitrogens is 1. The van der Waals surface area contributed by atoms with Gasteiger partial charge < -0.3 is 24.7 Å². The minimum atomic E-state index is -1.33. The van der Waals surface area contributed by atoms with Gasteiger partial charge in [0.1, 0.15) is 17.5 Å². The molecule has 1 fully saturated rings. The molecule has 10 nitrogen and oxygen atoms in total. The Morgan fingerprint density at radius 1 is 1.07 bits per heavy atom. The van der Waals surface area contributed by atoms with Crippen molar-refractivity contribution in [2.75, 3.05) is 19.0 Å². The molecule has 0 radical (unpaired) electrons. The van der Waals surface area contributed by atoms with Crippen LogP contribution in [0.15, 0.2) is 96.1 Å². The van der Waals surface area contributed by atoms with Gasteiger partial charge in [-0.25, -0.2) is 4.98 Å². The molecule has 42 heavy (non-hydrogen) atoms. The summed E-state index contributed by atoms with van der Waals surface area (Å²) in [5.74, 6) is 0.680. The molecule has 2 aromatic heterocycles. The second-order valence-corrected chi connectivity index (χ2v) is 10.5. The van der Waals surface area contributed by atoms with E-state index in [4.69, 9.17) is 14.5 Å². The largest absolute Gasteiger partial charge is 0.497 e. The van der Waals surface area contributed by atoms with E-state index < -0.39 is 29.5 Å². The molecule has 3 heterocycles. The molecule has 6 rings (SSSR count). The Balaban J connectivity index is 1.52. The number of aromatic amines is 1. The highest BCUT2D eigenvalue weighted by atomic mass is 16.5. The Hall–Kier alpha value is -4.80. The number of rotatable bonds is 9. The summed E-state index contributed by atoms with van der Waals surface area (Å²) in [5.41, 5.74) is 0.443. The summed E-state index contributed by atoms with van der Waals surface area (Å²) in [7, 11) is 1.62. The number of anilines is 1. The number of nitrogens with zero attached hydrogens (tertiary/aromatic N) is 3. The van der Waals surface area contributed by atoms with Gasteiger partial charge in [0.2, 0.25) is 5.95 Å². The zero-order chi connectivity index (χ0) is 29.3. The average Bonchev–Trinajstić information content (AvgIpc) is 3.62. The second-order valence-electron chi connectivity index (χ2n) is 10.5. The third kappa shape index (κ3) is 4.45. The number of imidazole rings is 1. The van der Waals surface area contributed by atoms with Crippen molar-refractivity contribution in [1.29, 1.82) is 0 Å². The first kappa shape index (κ1) is 27.4. The number of aromatic nitrogens is 4. The van der Waals surface area contributed by atoms with Crippen LogP contribution in [0.3, 0.4) is 0 Å². The van der Waals surface area contributed by atoms with Crippen molar-refractivity contribution in [3.05, 3.63) is 118 Å². The summed E-state index contributed by atoms with van der Waals surface area (Å²) >= 11 is 0. The highest BCUT2D eigenvalue weighted by Crippen LogP contribution is 2.42. The molecule has 214 valence electrons. The summed E-state index contributed by atoms with van der Waals surface area (Å²) in [6, 6.07) is 27.6. The van der Waals surface area contributed by atoms with Crippen molar-refractivity contribution in [3.8, 4) is 5.75 Å². The normalized spacial score (nSPS) is 20.5. The number of aldehydes is 1. The Labute approximate surface area is 242 Å². The maximum absolute atomic E-state index is 13.3. The Bertz CT molecular complexity index is 1710. The van der Waals surface area contributed by atoms with E-state index in [9.17, 15) is 14.7 Å². The number of methoxy groups -OCH3 is 1. The van der Waals surface area contributed by atoms with E-state index in [0.29, 0.717) is 24.1 Å². The van der Waals surface area contributed by atoms with Crippen LogP contribution in [-0.4, -0.2) is 50.2 Å². The zero-order valence-corrected chi connectivity index (χ0v) is 23.2. The molecule has 1 aliphatic heterocycles. The first-order valence-electron chi connectivity index (χ1n) is 13.7. The summed E-state index contributed by atoms with van der Waals surface area (Å²) in [6.07, 6.45) is 1.93. The van der Waals surface area contributed by atoms with Gasteiger partial charge in [0.15, 0.2) is 23.1 Å². The number of carbonyl (C=O) groups excluding carboxylic acids is 1. The van der Waals surface area contributed by atoms with Crippen molar-refractivity contribution in [2.45, 2.75) is 30.7 Å². The van der Waals surface area contributed by atoms with Gasteiger partial charge in [-0.3, -0.25) is 14.3 Å². The van der Waals surface area contributed by atoms with E-state index in [1.807, 2.05) is 91.9 Å². The van der Waals surface area contributed by atoms with E-state index in [0.717, 1.165) is 16.7 Å². The number of hydrogen-bond acceptors (Lipinski definition) is 8. The second kappa shape index (κ2) is 10.9. The highest BCUT2D eigenvalue weighted by molar-refractivity contribution is 5.72. The van der Waals surface area contributed by atoms with Crippen molar-refractivity contribution in [3.63, 3.8) is 0 Å². The van der Waals surface area contributed by atoms with Gasteiger partial charge in [0, 0.05) is 0 Å². The number of hydrogen-bond donors (Lipinski definition) is 3. The number of fused-ring (bicyclic) bond motifs is 1. The van der Waals surface area contributed by atoms with Crippen molar-refractivity contribution in [2.24, 2.45) is 5.92 Å². The number of carbonyl (C=O) groups is 1. The molecular weight excluding hydrogens is 534 g/mol. The maximum Gasteiger partial charge on any atom is 0.280 e. The predicted octanol–water partition coefficient (Wildman–Crippen LogP) is 4.02. The van der Waals surface area contributed by atoms with Gasteiger partial charge in [0.05, 0.1) is 20.0 Å². The summed E-state index contributed by atoms with van der Waals surface area (Å²) in [6.45, 7) is 1.40. The summed E-state index contributed by atoms with van der Waals surface area (Å²) < 4.78 is 13.1. The lowest BCUT2D eigenvalue weighted by Gasteiger charge is -2.37. The standard InChI is InChI=1S/C32H31N5O5/c1-21-17-26(42-31(21,18-38)19-39)37-20-33-27-28(37)34-30(35-29(27)40)36-32(22-9-5-3-6-10-22,23-11-7-4-8-12-23)24-13-15-25(41-2)16-14-24/h3-16,18,20-21,26,39H,17,19H2,1-2H3,(H2,34,35,36,40)/t21-,26+,31+/m0/s1. The Morgan fingerprint density at radius 2 is 1.69 bits per heavy atom. The number of aliphatic hydroxyl groups excluding tert-OH is 1. The van der Waals surface area contributed by atoms with Crippen LogP contribution in [0.1, 0.15) is 36.3 Å². The molecule has 1 aliphatic rings. The van der Waals surface area contributed by atoms with Gasteiger partial charge in [-0.15, -0.1) is 0 Å². The average molecular weight is 566 g/mol. The third-order valence-corrected chi connectivity index (χ3v) is 8.18. The molecule has 3 N–H and O–H groups in total. The smallest absolute Gasteiger partial charge is 0.280 e. The van der Waals surface area contributed by atoms with Crippen LogP contribution in [0.2, 0.25) is 0 Å². The fourth-order valence-electron chi connectivity index (χ4n) is 5.77. The molecule has 0 aliphatic carbocycles. The molecule has 1 saturated heterocycles. The highest BCUT2D eigenvalue weighted by Gasteiger charge is 2.47. The quantitative estimate of drug-likeness (QED) is 0.180. The van der Waals surface area contributed by atoms with Crippen molar-refractivity contribution >= 4 is 23.4 Å². The van der Waals surface area contributed by atoms with E-state index in [1.54, 1.807) is 11.7 Å². The van der Waals surface area contributed by atoms with Gasteiger partial charge in [0.25, 0.3) is 5.56 Å². The monoisotopic (exact) mass is 565 g/mol. The fourth-order valence-corrected chi connectivity index (χ4v) is 5.77. The topological polar surface area (TPSA) is 131 Å².